The number of carboxylic acid groups (broad SMARTS) is 1. The molecule has 2 aromatic rings. The first-order chi connectivity index (χ1) is 15.0. The Morgan fingerprint density at radius 2 is 1.74 bits per heavy atom. The van der Waals surface area contributed by atoms with Crippen LogP contribution in [-0.2, 0) is 14.3 Å². The molecule has 2 amide bonds. The molecule has 160 valence electrons. The Kier molecular flexibility index (Phi) is 5.75. The van der Waals surface area contributed by atoms with Gasteiger partial charge in [-0.3, -0.25) is 9.59 Å². The third-order valence-electron chi connectivity index (χ3n) is 5.94. The van der Waals surface area contributed by atoms with Crippen LogP contribution in [-0.4, -0.2) is 53.2 Å². The fourth-order valence-electron chi connectivity index (χ4n) is 4.59. The topological polar surface area (TPSA) is 95.9 Å². The summed E-state index contributed by atoms with van der Waals surface area (Å²) in [6.07, 6.45) is 0.669. The minimum Gasteiger partial charge on any atom is -0.481 e. The van der Waals surface area contributed by atoms with Crippen LogP contribution in [0.15, 0.2) is 61.2 Å². The van der Waals surface area contributed by atoms with Gasteiger partial charge >= 0.3 is 12.1 Å². The van der Waals surface area contributed by atoms with E-state index in [0.29, 0.717) is 0 Å². The van der Waals surface area contributed by atoms with Crippen molar-refractivity contribution >= 4 is 18.0 Å². The van der Waals surface area contributed by atoms with Crippen LogP contribution in [0.2, 0.25) is 0 Å². The van der Waals surface area contributed by atoms with Crippen molar-refractivity contribution < 1.29 is 24.2 Å². The molecule has 0 radical (unpaired) electrons. The maximum atomic E-state index is 12.6. The molecule has 2 aromatic carbocycles. The van der Waals surface area contributed by atoms with Crippen molar-refractivity contribution in [3.8, 4) is 11.1 Å². The van der Waals surface area contributed by atoms with Crippen LogP contribution in [0.3, 0.4) is 0 Å². The summed E-state index contributed by atoms with van der Waals surface area (Å²) >= 11 is 0. The predicted octanol–water partition coefficient (Wildman–Crippen LogP) is 3.16. The van der Waals surface area contributed by atoms with Crippen molar-refractivity contribution in [3.05, 3.63) is 72.3 Å². The lowest BCUT2D eigenvalue weighted by atomic mass is 9.98. The molecule has 1 aliphatic heterocycles. The zero-order valence-corrected chi connectivity index (χ0v) is 17.0. The lowest BCUT2D eigenvalue weighted by Crippen LogP contribution is -2.46. The van der Waals surface area contributed by atoms with Crippen LogP contribution >= 0.6 is 0 Å². The quantitative estimate of drug-likeness (QED) is 0.671. The number of likely N-dealkylation sites (tertiary alicyclic amines) is 1. The Morgan fingerprint density at radius 1 is 1.13 bits per heavy atom. The highest BCUT2D eigenvalue weighted by atomic mass is 16.5. The summed E-state index contributed by atoms with van der Waals surface area (Å²) < 4.78 is 5.54. The second kappa shape index (κ2) is 8.63. The van der Waals surface area contributed by atoms with Gasteiger partial charge in [-0.25, -0.2) is 4.79 Å². The van der Waals surface area contributed by atoms with E-state index in [1.165, 1.54) is 4.90 Å². The van der Waals surface area contributed by atoms with E-state index < -0.39 is 24.1 Å². The van der Waals surface area contributed by atoms with Gasteiger partial charge in [-0.05, 0) is 22.3 Å². The summed E-state index contributed by atoms with van der Waals surface area (Å²) in [5, 5.41) is 11.9. The largest absolute Gasteiger partial charge is 0.481 e. The molecule has 0 aromatic heterocycles. The number of rotatable bonds is 7. The number of nitrogens with one attached hydrogen (secondary N) is 1. The molecule has 2 atom stereocenters. The van der Waals surface area contributed by atoms with E-state index >= 15 is 0 Å². The Labute approximate surface area is 180 Å². The molecule has 0 saturated carbocycles. The SMILES string of the molecule is C=CCN1C(=O)CC(NC(=O)OCC2c3ccccc3-c3ccccc32)C1CC(=O)O. The Hall–Kier alpha value is -3.61. The number of alkyl carbamates (subject to hydrolysis) is 1. The van der Waals surface area contributed by atoms with Crippen molar-refractivity contribution in [3.63, 3.8) is 0 Å². The highest BCUT2D eigenvalue weighted by Crippen LogP contribution is 2.44. The van der Waals surface area contributed by atoms with Crippen molar-refractivity contribution in [2.45, 2.75) is 30.8 Å². The van der Waals surface area contributed by atoms with Gasteiger partial charge in [0.15, 0.2) is 0 Å². The van der Waals surface area contributed by atoms with Gasteiger partial charge in [0.1, 0.15) is 6.61 Å². The van der Waals surface area contributed by atoms with Crippen molar-refractivity contribution in [2.24, 2.45) is 0 Å². The summed E-state index contributed by atoms with van der Waals surface area (Å²) in [5.74, 6) is -1.32. The number of fused-ring (bicyclic) bond motifs is 3. The number of amides is 2. The highest BCUT2D eigenvalue weighted by Gasteiger charge is 2.41. The fraction of sp³-hybridized carbons (Fsp3) is 0.292. The van der Waals surface area contributed by atoms with Crippen LogP contribution in [0.25, 0.3) is 11.1 Å². The molecule has 7 heteroatoms. The number of carbonyl (C=O) groups excluding carboxylic acids is 2. The molecular formula is C24H24N2O5. The first-order valence-electron chi connectivity index (χ1n) is 10.2. The molecule has 1 saturated heterocycles. The third kappa shape index (κ3) is 4.03. The van der Waals surface area contributed by atoms with E-state index in [9.17, 15) is 19.5 Å². The molecule has 1 aliphatic carbocycles. The average Bonchev–Trinajstić information content (AvgIpc) is 3.22. The molecule has 0 spiro atoms. The van der Waals surface area contributed by atoms with Gasteiger partial charge in [-0.15, -0.1) is 6.58 Å². The number of ether oxygens (including phenoxy) is 1. The molecule has 31 heavy (non-hydrogen) atoms. The van der Waals surface area contributed by atoms with Crippen molar-refractivity contribution in [2.75, 3.05) is 13.2 Å². The molecule has 7 nitrogen and oxygen atoms in total. The van der Waals surface area contributed by atoms with E-state index in [-0.39, 0.29) is 37.8 Å². The highest BCUT2D eigenvalue weighted by molar-refractivity contribution is 5.83. The van der Waals surface area contributed by atoms with Gasteiger partial charge in [-0.2, -0.15) is 0 Å². The summed E-state index contributed by atoms with van der Waals surface area (Å²) in [5.41, 5.74) is 4.48. The average molecular weight is 420 g/mol. The summed E-state index contributed by atoms with van der Waals surface area (Å²) in [6.45, 7) is 4.00. The van der Waals surface area contributed by atoms with Crippen LogP contribution in [0.5, 0.6) is 0 Å². The van der Waals surface area contributed by atoms with E-state index in [2.05, 4.69) is 24.0 Å². The molecule has 0 bridgehead atoms. The first kappa shape index (κ1) is 20.7. The molecule has 2 N–H and O–H groups in total. The first-order valence-corrected chi connectivity index (χ1v) is 10.2. The smallest absolute Gasteiger partial charge is 0.407 e. The summed E-state index contributed by atoms with van der Waals surface area (Å²) in [6, 6.07) is 14.8. The van der Waals surface area contributed by atoms with Crippen LogP contribution in [0.1, 0.15) is 29.9 Å². The van der Waals surface area contributed by atoms with Gasteiger partial charge < -0.3 is 20.1 Å². The normalized spacial score (nSPS) is 19.6. The van der Waals surface area contributed by atoms with Gasteiger partial charge in [-0.1, -0.05) is 54.6 Å². The number of carboxylic acids is 1. The molecule has 2 aliphatic rings. The Balaban J connectivity index is 1.44. The molecular weight excluding hydrogens is 396 g/mol. The second-order valence-corrected chi connectivity index (χ2v) is 7.78. The number of nitrogens with zero attached hydrogens (tertiary/aromatic N) is 1. The lowest BCUT2D eigenvalue weighted by Gasteiger charge is -2.26. The zero-order chi connectivity index (χ0) is 22.0. The monoisotopic (exact) mass is 420 g/mol. The predicted molar refractivity (Wildman–Crippen MR) is 115 cm³/mol. The van der Waals surface area contributed by atoms with Gasteiger partial charge in [0.05, 0.1) is 18.5 Å². The standard InChI is InChI=1S/C24H24N2O5/c1-2-11-26-21(13-23(28)29)20(12-22(26)27)25-24(30)31-14-19-17-9-5-3-7-15(17)16-8-4-6-10-18(16)19/h2-10,19-21H,1,11-14H2,(H,25,30)(H,28,29). The second-order valence-electron chi connectivity index (χ2n) is 7.78. The van der Waals surface area contributed by atoms with Crippen LogP contribution in [0, 0.1) is 0 Å². The van der Waals surface area contributed by atoms with E-state index in [1.54, 1.807) is 6.08 Å². The Morgan fingerprint density at radius 3 is 2.32 bits per heavy atom. The molecule has 4 rings (SSSR count). The number of benzene rings is 2. The summed E-state index contributed by atoms with van der Waals surface area (Å²) in [4.78, 5) is 37.5. The lowest BCUT2D eigenvalue weighted by molar-refractivity contribution is -0.139. The van der Waals surface area contributed by atoms with E-state index in [0.717, 1.165) is 22.3 Å². The van der Waals surface area contributed by atoms with Crippen LogP contribution in [0.4, 0.5) is 4.79 Å². The molecule has 1 fully saturated rings. The third-order valence-corrected chi connectivity index (χ3v) is 5.94. The minimum atomic E-state index is -1.03. The number of carbonyl (C=O) groups is 3. The minimum absolute atomic E-state index is 0.0377. The van der Waals surface area contributed by atoms with Gasteiger partial charge in [0.2, 0.25) is 5.91 Å². The number of aliphatic carboxylic acids is 1. The van der Waals surface area contributed by atoms with Crippen molar-refractivity contribution in [1.82, 2.24) is 10.2 Å². The summed E-state index contributed by atoms with van der Waals surface area (Å²) in [7, 11) is 0. The van der Waals surface area contributed by atoms with Crippen LogP contribution < -0.4 is 5.32 Å². The van der Waals surface area contributed by atoms with Crippen molar-refractivity contribution in [1.29, 1.82) is 0 Å². The van der Waals surface area contributed by atoms with Gasteiger partial charge in [0.25, 0.3) is 0 Å². The molecule has 2 unspecified atom stereocenters. The number of hydrogen-bond donors (Lipinski definition) is 2. The van der Waals surface area contributed by atoms with Gasteiger partial charge in [0, 0.05) is 18.9 Å². The fourth-order valence-corrected chi connectivity index (χ4v) is 4.59. The zero-order valence-electron chi connectivity index (χ0n) is 17.0. The van der Waals surface area contributed by atoms with E-state index in [4.69, 9.17) is 4.74 Å². The number of hydrogen-bond acceptors (Lipinski definition) is 4. The Bertz CT molecular complexity index is 989. The maximum Gasteiger partial charge on any atom is 0.407 e. The molecule has 1 heterocycles. The maximum absolute atomic E-state index is 12.6. The van der Waals surface area contributed by atoms with E-state index in [1.807, 2.05) is 36.4 Å².